The van der Waals surface area contributed by atoms with Crippen molar-refractivity contribution < 1.29 is 4.79 Å². The summed E-state index contributed by atoms with van der Waals surface area (Å²) < 4.78 is 2.04. The van der Waals surface area contributed by atoms with Crippen LogP contribution in [-0.4, -0.2) is 57.4 Å². The van der Waals surface area contributed by atoms with E-state index in [4.69, 9.17) is 4.98 Å². The number of aromatic nitrogens is 5. The zero-order valence-corrected chi connectivity index (χ0v) is 22.9. The summed E-state index contributed by atoms with van der Waals surface area (Å²) >= 11 is 0. The molecular formula is C29H40N8O. The van der Waals surface area contributed by atoms with E-state index in [1.807, 2.05) is 42.0 Å². The molecule has 0 bridgehead atoms. The number of anilines is 4. The Morgan fingerprint density at radius 2 is 1.76 bits per heavy atom. The predicted molar refractivity (Wildman–Crippen MR) is 152 cm³/mol. The average Bonchev–Trinajstić information content (AvgIpc) is 3.66. The monoisotopic (exact) mass is 516 g/mol. The predicted octanol–water partition coefficient (Wildman–Crippen LogP) is 5.78. The van der Waals surface area contributed by atoms with Crippen LogP contribution in [0, 0.1) is 0 Å². The van der Waals surface area contributed by atoms with Gasteiger partial charge in [-0.15, -0.1) is 5.10 Å². The molecule has 0 unspecified atom stereocenters. The Bertz CT molecular complexity index is 1200. The molecular weight excluding hydrogens is 476 g/mol. The summed E-state index contributed by atoms with van der Waals surface area (Å²) in [5.41, 5.74) is 3.74. The van der Waals surface area contributed by atoms with Crippen molar-refractivity contribution in [1.29, 1.82) is 0 Å². The summed E-state index contributed by atoms with van der Waals surface area (Å²) in [6.07, 6.45) is 16.5. The van der Waals surface area contributed by atoms with E-state index in [1.165, 1.54) is 44.9 Å². The molecule has 3 aromatic rings. The van der Waals surface area contributed by atoms with Crippen LogP contribution in [0.1, 0.15) is 77.2 Å². The van der Waals surface area contributed by atoms with E-state index < -0.39 is 0 Å². The molecule has 2 heterocycles. The summed E-state index contributed by atoms with van der Waals surface area (Å²) in [6.45, 7) is 2.06. The molecule has 9 heteroatoms. The van der Waals surface area contributed by atoms with Crippen molar-refractivity contribution in [1.82, 2.24) is 25.0 Å². The van der Waals surface area contributed by atoms with E-state index in [1.54, 1.807) is 0 Å². The quantitative estimate of drug-likeness (QED) is 0.339. The first kappa shape index (κ1) is 26.1. The average molecular weight is 517 g/mol. The number of nitrogens with one attached hydrogen (secondary N) is 1. The van der Waals surface area contributed by atoms with Gasteiger partial charge in [0.2, 0.25) is 5.95 Å². The highest BCUT2D eigenvalue weighted by Gasteiger charge is 2.31. The number of aldehydes is 1. The molecule has 202 valence electrons. The van der Waals surface area contributed by atoms with Crippen molar-refractivity contribution >= 4 is 29.4 Å². The molecule has 2 aromatic heterocycles. The van der Waals surface area contributed by atoms with Crippen molar-refractivity contribution in [3.05, 3.63) is 36.7 Å². The summed E-state index contributed by atoms with van der Waals surface area (Å²) in [6, 6.07) is 8.72. The molecule has 2 aliphatic rings. The molecule has 2 fully saturated rings. The first-order valence-corrected chi connectivity index (χ1v) is 14.1. The van der Waals surface area contributed by atoms with Gasteiger partial charge in [-0.25, -0.2) is 9.67 Å². The minimum atomic E-state index is -0.208. The van der Waals surface area contributed by atoms with Gasteiger partial charge in [0.1, 0.15) is 12.0 Å². The lowest BCUT2D eigenvalue weighted by atomic mass is 9.96. The van der Waals surface area contributed by atoms with Crippen LogP contribution < -0.4 is 15.1 Å². The molecule has 2 aliphatic carbocycles. The first-order chi connectivity index (χ1) is 18.6. The highest BCUT2D eigenvalue weighted by molar-refractivity contribution is 5.74. The fourth-order valence-electron chi connectivity index (χ4n) is 5.86. The van der Waals surface area contributed by atoms with Crippen LogP contribution in [0.5, 0.6) is 0 Å². The van der Waals surface area contributed by atoms with Crippen molar-refractivity contribution in [3.63, 3.8) is 0 Å². The van der Waals surface area contributed by atoms with Crippen LogP contribution in [0.15, 0.2) is 36.7 Å². The van der Waals surface area contributed by atoms with Crippen LogP contribution in [0.25, 0.3) is 11.3 Å². The molecule has 0 amide bonds. The van der Waals surface area contributed by atoms with Gasteiger partial charge in [0.05, 0.1) is 30.2 Å². The van der Waals surface area contributed by atoms with E-state index in [9.17, 15) is 4.79 Å². The lowest BCUT2D eigenvalue weighted by Crippen LogP contribution is -2.44. The number of benzene rings is 1. The second-order valence-corrected chi connectivity index (χ2v) is 10.8. The SMILES string of the molecule is CC[C@H](C=O)N(c1nc(Nc2ccc(-c3cn(C4CCCCC4)nn3)cc2)ncc1N(C)C)C1CCCC1. The third kappa shape index (κ3) is 5.66. The smallest absolute Gasteiger partial charge is 0.229 e. The maximum atomic E-state index is 12.1. The number of nitrogens with zero attached hydrogens (tertiary/aromatic N) is 7. The fourth-order valence-corrected chi connectivity index (χ4v) is 5.86. The Balaban J connectivity index is 1.37. The minimum Gasteiger partial charge on any atom is -0.373 e. The Kier molecular flexibility index (Phi) is 8.20. The molecule has 0 radical (unpaired) electrons. The van der Waals surface area contributed by atoms with Crippen molar-refractivity contribution in [2.24, 2.45) is 0 Å². The number of rotatable bonds is 10. The van der Waals surface area contributed by atoms with Crippen LogP contribution in [0.2, 0.25) is 0 Å². The molecule has 9 nitrogen and oxygen atoms in total. The summed E-state index contributed by atoms with van der Waals surface area (Å²) in [5.74, 6) is 1.33. The second kappa shape index (κ2) is 11.9. The third-order valence-corrected chi connectivity index (χ3v) is 8.02. The molecule has 38 heavy (non-hydrogen) atoms. The highest BCUT2D eigenvalue weighted by atomic mass is 16.1. The molecule has 1 atom stereocenters. The second-order valence-electron chi connectivity index (χ2n) is 10.8. The maximum Gasteiger partial charge on any atom is 0.229 e. The zero-order chi connectivity index (χ0) is 26.5. The lowest BCUT2D eigenvalue weighted by Gasteiger charge is -2.36. The summed E-state index contributed by atoms with van der Waals surface area (Å²) in [7, 11) is 3.99. The zero-order valence-electron chi connectivity index (χ0n) is 22.9. The van der Waals surface area contributed by atoms with Gasteiger partial charge in [-0.1, -0.05) is 56.4 Å². The molecule has 2 saturated carbocycles. The minimum absolute atomic E-state index is 0.208. The van der Waals surface area contributed by atoms with Gasteiger partial charge in [-0.05, 0) is 44.2 Å². The number of hydrogen-bond donors (Lipinski definition) is 1. The largest absolute Gasteiger partial charge is 0.373 e. The third-order valence-electron chi connectivity index (χ3n) is 8.02. The van der Waals surface area contributed by atoms with Crippen LogP contribution in [0.4, 0.5) is 23.1 Å². The van der Waals surface area contributed by atoms with Crippen molar-refractivity contribution in [3.8, 4) is 11.3 Å². The molecule has 0 spiro atoms. The van der Waals surface area contributed by atoms with Gasteiger partial charge in [0.25, 0.3) is 0 Å². The van der Waals surface area contributed by atoms with E-state index in [2.05, 4.69) is 50.8 Å². The number of carbonyl (C=O) groups is 1. The number of hydrogen-bond acceptors (Lipinski definition) is 8. The Morgan fingerprint density at radius 1 is 1.05 bits per heavy atom. The fraction of sp³-hybridized carbons (Fsp3) is 0.552. The van der Waals surface area contributed by atoms with E-state index in [0.717, 1.165) is 54.0 Å². The Hall–Kier alpha value is -3.49. The standard InChI is InChI=1S/C29H40N8O/c1-4-23(20-38)37(25-12-8-9-13-25)28-27(35(2)3)18-30-29(32-28)31-22-16-14-21(15-17-22)26-19-36(34-33-26)24-10-6-5-7-11-24/h14-20,23-25H,4-13H2,1-3H3,(H,30,31,32)/t23-/m1/s1. The topological polar surface area (TPSA) is 92.1 Å². The molecule has 0 aliphatic heterocycles. The van der Waals surface area contributed by atoms with Gasteiger partial charge in [0.15, 0.2) is 5.82 Å². The molecule has 1 N–H and O–H groups in total. The maximum absolute atomic E-state index is 12.1. The van der Waals surface area contributed by atoms with Gasteiger partial charge >= 0.3 is 0 Å². The van der Waals surface area contributed by atoms with Gasteiger partial charge in [-0.3, -0.25) is 0 Å². The lowest BCUT2D eigenvalue weighted by molar-refractivity contribution is -0.109. The summed E-state index contributed by atoms with van der Waals surface area (Å²) in [4.78, 5) is 25.9. The van der Waals surface area contributed by atoms with Crippen LogP contribution in [0.3, 0.4) is 0 Å². The van der Waals surface area contributed by atoms with Gasteiger partial charge in [-0.2, -0.15) is 4.98 Å². The normalized spacial score (nSPS) is 17.3. The van der Waals surface area contributed by atoms with Crippen LogP contribution in [-0.2, 0) is 4.79 Å². The molecule has 5 rings (SSSR count). The molecule has 0 saturated heterocycles. The Morgan fingerprint density at radius 3 is 2.42 bits per heavy atom. The highest BCUT2D eigenvalue weighted by Crippen LogP contribution is 2.36. The molecule has 1 aromatic carbocycles. The Labute approximate surface area is 225 Å². The first-order valence-electron chi connectivity index (χ1n) is 14.1. The van der Waals surface area contributed by atoms with Crippen molar-refractivity contribution in [2.45, 2.75) is 89.3 Å². The van der Waals surface area contributed by atoms with Crippen LogP contribution >= 0.6 is 0 Å². The van der Waals surface area contributed by atoms with Gasteiger partial charge < -0.3 is 19.9 Å². The van der Waals surface area contributed by atoms with E-state index >= 15 is 0 Å². The van der Waals surface area contributed by atoms with Crippen molar-refractivity contribution in [2.75, 3.05) is 29.2 Å². The van der Waals surface area contributed by atoms with E-state index in [0.29, 0.717) is 18.0 Å². The summed E-state index contributed by atoms with van der Waals surface area (Å²) in [5, 5.41) is 12.2. The van der Waals surface area contributed by atoms with Gasteiger partial charge in [0, 0.05) is 31.4 Å². The number of carbonyl (C=O) groups excluding carboxylic acids is 1. The van der Waals surface area contributed by atoms with E-state index in [-0.39, 0.29) is 6.04 Å².